The van der Waals surface area contributed by atoms with Crippen LogP contribution in [0.15, 0.2) is 40.9 Å². The summed E-state index contributed by atoms with van der Waals surface area (Å²) in [4.78, 5) is 22.2. The quantitative estimate of drug-likeness (QED) is 0.432. The molecule has 1 aliphatic rings. The van der Waals surface area contributed by atoms with E-state index in [1.165, 1.54) is 4.88 Å². The van der Waals surface area contributed by atoms with E-state index in [0.29, 0.717) is 18.0 Å². The van der Waals surface area contributed by atoms with E-state index >= 15 is 0 Å². The molecule has 0 aliphatic carbocycles. The molecular formula is C20H23N5O3S. The van der Waals surface area contributed by atoms with Gasteiger partial charge in [0, 0.05) is 55.0 Å². The molecule has 0 N–H and O–H groups in total. The van der Waals surface area contributed by atoms with Gasteiger partial charge in [0.2, 0.25) is 5.89 Å². The molecule has 0 radical (unpaired) electrons. The average molecular weight is 414 g/mol. The Morgan fingerprint density at radius 3 is 2.52 bits per heavy atom. The first-order chi connectivity index (χ1) is 14.1. The highest BCUT2D eigenvalue weighted by Gasteiger charge is 2.21. The number of aryl methyl sites for hydroxylation is 1. The van der Waals surface area contributed by atoms with Crippen LogP contribution in [-0.2, 0) is 19.5 Å². The number of nitro benzene ring substituents is 1. The van der Waals surface area contributed by atoms with Crippen molar-refractivity contribution in [1.29, 1.82) is 0 Å². The maximum atomic E-state index is 11.3. The molecule has 0 saturated carbocycles. The highest BCUT2D eigenvalue weighted by Crippen LogP contribution is 2.35. The standard InChI is InChI=1S/C20H23N5O3S/c1-2-19-21-20(28-22-19)14-24-11-9-23(10-12-24)13-15-7-8-18(29-15)16-5-3-4-6-17(16)25(26)27/h3-8H,2,9-14H2,1H3. The Kier molecular flexibility index (Phi) is 5.98. The second-order valence-electron chi connectivity index (χ2n) is 7.05. The van der Waals surface area contributed by atoms with Crippen molar-refractivity contribution in [3.05, 3.63) is 63.1 Å². The number of para-hydroxylation sites is 1. The molecule has 3 heterocycles. The van der Waals surface area contributed by atoms with Crippen LogP contribution in [-0.4, -0.2) is 51.0 Å². The Balaban J connectivity index is 1.33. The van der Waals surface area contributed by atoms with Gasteiger partial charge in [0.1, 0.15) is 0 Å². The van der Waals surface area contributed by atoms with E-state index in [-0.39, 0.29) is 10.6 Å². The van der Waals surface area contributed by atoms with Gasteiger partial charge in [0.25, 0.3) is 5.69 Å². The number of piperazine rings is 1. The molecule has 0 atom stereocenters. The van der Waals surface area contributed by atoms with Crippen molar-refractivity contribution in [3.8, 4) is 10.4 Å². The monoisotopic (exact) mass is 413 g/mol. The molecule has 0 unspecified atom stereocenters. The van der Waals surface area contributed by atoms with Gasteiger partial charge in [0.15, 0.2) is 5.82 Å². The van der Waals surface area contributed by atoms with Crippen molar-refractivity contribution in [1.82, 2.24) is 19.9 Å². The highest BCUT2D eigenvalue weighted by atomic mass is 32.1. The van der Waals surface area contributed by atoms with Gasteiger partial charge in [-0.1, -0.05) is 24.2 Å². The van der Waals surface area contributed by atoms with Crippen LogP contribution < -0.4 is 0 Å². The van der Waals surface area contributed by atoms with Gasteiger partial charge in [-0.2, -0.15) is 4.98 Å². The first-order valence-corrected chi connectivity index (χ1v) is 10.5. The summed E-state index contributed by atoms with van der Waals surface area (Å²) in [5.41, 5.74) is 0.839. The average Bonchev–Trinajstić information content (AvgIpc) is 3.39. The fourth-order valence-electron chi connectivity index (χ4n) is 3.46. The first kappa shape index (κ1) is 19.7. The van der Waals surface area contributed by atoms with Gasteiger partial charge in [-0.25, -0.2) is 0 Å². The van der Waals surface area contributed by atoms with Crippen LogP contribution in [0, 0.1) is 10.1 Å². The zero-order chi connectivity index (χ0) is 20.2. The maximum Gasteiger partial charge on any atom is 0.278 e. The van der Waals surface area contributed by atoms with E-state index in [1.807, 2.05) is 25.1 Å². The normalized spacial score (nSPS) is 15.6. The molecule has 1 saturated heterocycles. The second-order valence-corrected chi connectivity index (χ2v) is 8.22. The lowest BCUT2D eigenvalue weighted by Crippen LogP contribution is -2.45. The van der Waals surface area contributed by atoms with Crippen LogP contribution in [0.25, 0.3) is 10.4 Å². The summed E-state index contributed by atoms with van der Waals surface area (Å²) < 4.78 is 5.29. The Morgan fingerprint density at radius 1 is 1.10 bits per heavy atom. The van der Waals surface area contributed by atoms with Gasteiger partial charge in [-0.15, -0.1) is 11.3 Å². The summed E-state index contributed by atoms with van der Waals surface area (Å²) in [7, 11) is 0. The molecule has 9 heteroatoms. The fraction of sp³-hybridized carbons (Fsp3) is 0.400. The molecular weight excluding hydrogens is 390 g/mol. The molecule has 29 heavy (non-hydrogen) atoms. The van der Waals surface area contributed by atoms with E-state index in [2.05, 4.69) is 26.0 Å². The van der Waals surface area contributed by atoms with Crippen molar-refractivity contribution in [2.24, 2.45) is 0 Å². The summed E-state index contributed by atoms with van der Waals surface area (Å²) >= 11 is 1.63. The number of hydrogen-bond acceptors (Lipinski definition) is 8. The zero-order valence-electron chi connectivity index (χ0n) is 16.3. The molecule has 0 spiro atoms. The third-order valence-electron chi connectivity index (χ3n) is 5.06. The minimum absolute atomic E-state index is 0.154. The summed E-state index contributed by atoms with van der Waals surface area (Å²) in [5.74, 6) is 1.44. The van der Waals surface area contributed by atoms with Crippen LogP contribution >= 0.6 is 11.3 Å². The van der Waals surface area contributed by atoms with Gasteiger partial charge >= 0.3 is 0 Å². The van der Waals surface area contributed by atoms with Crippen LogP contribution in [0.2, 0.25) is 0 Å². The number of aromatic nitrogens is 2. The highest BCUT2D eigenvalue weighted by molar-refractivity contribution is 7.15. The number of nitro groups is 1. The number of rotatable bonds is 7. The number of benzene rings is 1. The van der Waals surface area contributed by atoms with Crippen molar-refractivity contribution >= 4 is 17.0 Å². The molecule has 1 aromatic carbocycles. The molecule has 2 aromatic heterocycles. The number of nitrogens with zero attached hydrogens (tertiary/aromatic N) is 5. The Morgan fingerprint density at radius 2 is 1.83 bits per heavy atom. The second kappa shape index (κ2) is 8.81. The molecule has 0 amide bonds. The van der Waals surface area contributed by atoms with Crippen molar-refractivity contribution in [3.63, 3.8) is 0 Å². The SMILES string of the molecule is CCc1noc(CN2CCN(Cc3ccc(-c4ccccc4[N+](=O)[O-])s3)CC2)n1. The van der Waals surface area contributed by atoms with E-state index in [0.717, 1.165) is 49.8 Å². The van der Waals surface area contributed by atoms with Crippen LogP contribution in [0.1, 0.15) is 23.5 Å². The molecule has 1 fully saturated rings. The van der Waals surface area contributed by atoms with Gasteiger partial charge in [-0.3, -0.25) is 19.9 Å². The molecule has 152 valence electrons. The lowest BCUT2D eigenvalue weighted by Gasteiger charge is -2.33. The molecule has 3 aromatic rings. The Bertz CT molecular complexity index is 978. The Labute approximate surface area is 172 Å². The molecule has 8 nitrogen and oxygen atoms in total. The molecule has 4 rings (SSSR count). The topological polar surface area (TPSA) is 88.5 Å². The van der Waals surface area contributed by atoms with Gasteiger partial charge in [-0.05, 0) is 18.2 Å². The van der Waals surface area contributed by atoms with Crippen LogP contribution in [0.3, 0.4) is 0 Å². The summed E-state index contributed by atoms with van der Waals surface area (Å²) in [6, 6.07) is 11.0. The summed E-state index contributed by atoms with van der Waals surface area (Å²) in [5, 5.41) is 15.2. The molecule has 1 aliphatic heterocycles. The Hall–Kier alpha value is -2.62. The minimum atomic E-state index is -0.319. The van der Waals surface area contributed by atoms with E-state index < -0.39 is 0 Å². The molecule has 0 bridgehead atoms. The van der Waals surface area contributed by atoms with E-state index in [1.54, 1.807) is 23.5 Å². The van der Waals surface area contributed by atoms with Crippen molar-refractivity contribution in [2.75, 3.05) is 26.2 Å². The van der Waals surface area contributed by atoms with Gasteiger partial charge < -0.3 is 4.52 Å². The minimum Gasteiger partial charge on any atom is -0.338 e. The van der Waals surface area contributed by atoms with Crippen LogP contribution in [0.4, 0.5) is 5.69 Å². The predicted octanol–water partition coefficient (Wildman–Crippen LogP) is 3.59. The lowest BCUT2D eigenvalue weighted by molar-refractivity contribution is -0.384. The number of hydrogen-bond donors (Lipinski definition) is 0. The fourth-order valence-corrected chi connectivity index (χ4v) is 4.55. The van der Waals surface area contributed by atoms with E-state index in [9.17, 15) is 10.1 Å². The lowest BCUT2D eigenvalue weighted by atomic mass is 10.1. The van der Waals surface area contributed by atoms with Gasteiger partial charge in [0.05, 0.1) is 17.0 Å². The third-order valence-corrected chi connectivity index (χ3v) is 6.16. The summed E-state index contributed by atoms with van der Waals surface area (Å²) in [6.45, 7) is 7.40. The smallest absolute Gasteiger partial charge is 0.278 e. The van der Waals surface area contributed by atoms with Crippen molar-refractivity contribution < 1.29 is 9.45 Å². The largest absolute Gasteiger partial charge is 0.338 e. The maximum absolute atomic E-state index is 11.3. The third kappa shape index (κ3) is 4.69. The first-order valence-electron chi connectivity index (χ1n) is 9.71. The van der Waals surface area contributed by atoms with E-state index in [4.69, 9.17) is 4.52 Å². The summed E-state index contributed by atoms with van der Waals surface area (Å²) in [6.07, 6.45) is 0.784. The number of thiophene rings is 1. The predicted molar refractivity (Wildman–Crippen MR) is 111 cm³/mol. The van der Waals surface area contributed by atoms with Crippen molar-refractivity contribution in [2.45, 2.75) is 26.4 Å². The van der Waals surface area contributed by atoms with Crippen LogP contribution in [0.5, 0.6) is 0 Å². The zero-order valence-corrected chi connectivity index (χ0v) is 17.1.